The van der Waals surface area contributed by atoms with Gasteiger partial charge in [0.15, 0.2) is 0 Å². The van der Waals surface area contributed by atoms with E-state index in [0.29, 0.717) is 17.5 Å². The number of carbonyl (C=O) groups excluding carboxylic acids is 1. The number of hydrogen-bond acceptors (Lipinski definition) is 2. The molecule has 0 N–H and O–H groups in total. The molecule has 2 rings (SSSR count). The molecular weight excluding hydrogens is 236 g/mol. The zero-order valence-electron chi connectivity index (χ0n) is 11.3. The van der Waals surface area contributed by atoms with Gasteiger partial charge < -0.3 is 4.90 Å². The van der Waals surface area contributed by atoms with Gasteiger partial charge in [-0.05, 0) is 49.5 Å². The molecule has 3 heteroatoms. The molecule has 0 radical (unpaired) electrons. The number of benzene rings is 1. The molecule has 1 fully saturated rings. The van der Waals surface area contributed by atoms with Gasteiger partial charge in [0.1, 0.15) is 0 Å². The van der Waals surface area contributed by atoms with Crippen LogP contribution in [0.1, 0.15) is 30.9 Å². The maximum atomic E-state index is 12.0. The zero-order chi connectivity index (χ0) is 13.8. The van der Waals surface area contributed by atoms with Gasteiger partial charge in [-0.25, -0.2) is 0 Å². The number of amides is 1. The van der Waals surface area contributed by atoms with Gasteiger partial charge in [0.25, 0.3) is 0 Å². The lowest BCUT2D eigenvalue weighted by atomic mass is 10.1. The first-order valence-corrected chi connectivity index (χ1v) is 6.57. The molecule has 3 nitrogen and oxygen atoms in total. The Morgan fingerprint density at radius 1 is 1.53 bits per heavy atom. The number of carbonyl (C=O) groups is 1. The summed E-state index contributed by atoms with van der Waals surface area (Å²) in [7, 11) is 1.85. The maximum absolute atomic E-state index is 12.0. The van der Waals surface area contributed by atoms with Crippen LogP contribution in [0.5, 0.6) is 0 Å². The van der Waals surface area contributed by atoms with Gasteiger partial charge in [-0.1, -0.05) is 12.1 Å². The van der Waals surface area contributed by atoms with Crippen LogP contribution in [-0.4, -0.2) is 23.9 Å². The van der Waals surface area contributed by atoms with E-state index in [0.717, 1.165) is 5.56 Å². The fraction of sp³-hybridized carbons (Fsp3) is 0.375. The van der Waals surface area contributed by atoms with Crippen LogP contribution in [-0.2, 0) is 4.79 Å². The van der Waals surface area contributed by atoms with Crippen molar-refractivity contribution in [2.45, 2.75) is 25.8 Å². The van der Waals surface area contributed by atoms with Crippen LogP contribution in [0, 0.1) is 17.2 Å². The lowest BCUT2D eigenvalue weighted by molar-refractivity contribution is -0.126. The molecule has 98 valence electrons. The first kappa shape index (κ1) is 13.4. The van der Waals surface area contributed by atoms with E-state index in [1.807, 2.05) is 19.2 Å². The molecule has 1 aliphatic rings. The van der Waals surface area contributed by atoms with Gasteiger partial charge in [0.05, 0.1) is 11.6 Å². The van der Waals surface area contributed by atoms with E-state index in [-0.39, 0.29) is 5.91 Å². The number of likely N-dealkylation sites (N-methyl/N-ethyl adjacent to an activating group) is 1. The van der Waals surface area contributed by atoms with Gasteiger partial charge in [-0.3, -0.25) is 4.79 Å². The van der Waals surface area contributed by atoms with E-state index in [1.54, 1.807) is 29.2 Å². The van der Waals surface area contributed by atoms with Crippen molar-refractivity contribution in [1.29, 1.82) is 5.26 Å². The van der Waals surface area contributed by atoms with Crippen LogP contribution < -0.4 is 0 Å². The number of hydrogen-bond donors (Lipinski definition) is 0. The molecule has 1 saturated carbocycles. The number of rotatable bonds is 4. The third kappa shape index (κ3) is 3.45. The minimum Gasteiger partial charge on any atom is -0.339 e. The molecule has 1 atom stereocenters. The van der Waals surface area contributed by atoms with E-state index in [2.05, 4.69) is 13.0 Å². The van der Waals surface area contributed by atoms with Crippen LogP contribution in [0.4, 0.5) is 0 Å². The van der Waals surface area contributed by atoms with Gasteiger partial charge in [0, 0.05) is 19.2 Å². The van der Waals surface area contributed by atoms with Crippen molar-refractivity contribution in [1.82, 2.24) is 4.90 Å². The molecule has 1 aromatic rings. The molecule has 0 spiro atoms. The van der Waals surface area contributed by atoms with E-state index in [1.165, 1.54) is 12.8 Å². The fourth-order valence-electron chi connectivity index (χ4n) is 2.09. The second kappa shape index (κ2) is 5.71. The summed E-state index contributed by atoms with van der Waals surface area (Å²) in [5.74, 6) is 0.686. The van der Waals surface area contributed by atoms with Crippen LogP contribution in [0.15, 0.2) is 30.3 Å². The minimum atomic E-state index is 0.0155. The summed E-state index contributed by atoms with van der Waals surface area (Å²) in [6.45, 7) is 2.10. The molecule has 0 heterocycles. The van der Waals surface area contributed by atoms with Crippen LogP contribution in [0.2, 0.25) is 0 Å². The predicted octanol–water partition coefficient (Wildman–Crippen LogP) is 2.83. The predicted molar refractivity (Wildman–Crippen MR) is 75.1 cm³/mol. The largest absolute Gasteiger partial charge is 0.339 e. The van der Waals surface area contributed by atoms with Crippen molar-refractivity contribution in [3.63, 3.8) is 0 Å². The fourth-order valence-corrected chi connectivity index (χ4v) is 2.09. The summed E-state index contributed by atoms with van der Waals surface area (Å²) in [4.78, 5) is 13.8. The van der Waals surface area contributed by atoms with Crippen LogP contribution in [0.25, 0.3) is 6.08 Å². The molecule has 0 saturated heterocycles. The van der Waals surface area contributed by atoms with Crippen molar-refractivity contribution >= 4 is 12.0 Å². The van der Waals surface area contributed by atoms with Crippen LogP contribution in [0.3, 0.4) is 0 Å². The van der Waals surface area contributed by atoms with E-state index in [9.17, 15) is 4.79 Å². The third-order valence-corrected chi connectivity index (χ3v) is 3.70. The Bertz CT molecular complexity index is 538. The molecule has 1 aliphatic carbocycles. The van der Waals surface area contributed by atoms with E-state index < -0.39 is 0 Å². The summed E-state index contributed by atoms with van der Waals surface area (Å²) in [5, 5.41) is 8.82. The first-order valence-electron chi connectivity index (χ1n) is 6.57. The first-order chi connectivity index (χ1) is 9.11. The highest BCUT2D eigenvalue weighted by atomic mass is 16.2. The Kier molecular flexibility index (Phi) is 4.01. The topological polar surface area (TPSA) is 44.1 Å². The SMILES string of the molecule is CC(C1CC1)N(C)C(=O)C=Cc1cccc(C#N)c1. The van der Waals surface area contributed by atoms with Crippen molar-refractivity contribution in [2.75, 3.05) is 7.05 Å². The zero-order valence-corrected chi connectivity index (χ0v) is 11.3. The van der Waals surface area contributed by atoms with Crippen LogP contribution >= 0.6 is 0 Å². The molecule has 0 bridgehead atoms. The average Bonchev–Trinajstić information content (AvgIpc) is 3.28. The lowest BCUT2D eigenvalue weighted by Gasteiger charge is -2.23. The normalized spacial score (nSPS) is 16.1. The Morgan fingerprint density at radius 2 is 2.26 bits per heavy atom. The second-order valence-electron chi connectivity index (χ2n) is 5.10. The average molecular weight is 254 g/mol. The quantitative estimate of drug-likeness (QED) is 0.775. The Labute approximate surface area is 114 Å². The maximum Gasteiger partial charge on any atom is 0.246 e. The van der Waals surface area contributed by atoms with Gasteiger partial charge >= 0.3 is 0 Å². The molecular formula is C16H18N2O. The molecule has 1 unspecified atom stereocenters. The summed E-state index contributed by atoms with van der Waals surface area (Å²) >= 11 is 0. The standard InChI is InChI=1S/C16H18N2O/c1-12(15-7-8-15)18(2)16(19)9-6-13-4-3-5-14(10-13)11-17/h3-6,9-10,12,15H,7-8H2,1-2H3. The molecule has 1 amide bonds. The Balaban J connectivity index is 2.00. The van der Waals surface area contributed by atoms with Crippen molar-refractivity contribution in [2.24, 2.45) is 5.92 Å². The highest BCUT2D eigenvalue weighted by Crippen LogP contribution is 2.34. The molecule has 0 aliphatic heterocycles. The Hall–Kier alpha value is -2.08. The number of nitriles is 1. The summed E-state index contributed by atoms with van der Waals surface area (Å²) in [5.41, 5.74) is 1.48. The summed E-state index contributed by atoms with van der Waals surface area (Å²) < 4.78 is 0. The smallest absolute Gasteiger partial charge is 0.246 e. The third-order valence-electron chi connectivity index (χ3n) is 3.70. The second-order valence-corrected chi connectivity index (χ2v) is 5.10. The molecule has 19 heavy (non-hydrogen) atoms. The minimum absolute atomic E-state index is 0.0155. The summed E-state index contributed by atoms with van der Waals surface area (Å²) in [6, 6.07) is 9.62. The Morgan fingerprint density at radius 3 is 2.89 bits per heavy atom. The van der Waals surface area contributed by atoms with Gasteiger partial charge in [0.2, 0.25) is 5.91 Å². The monoisotopic (exact) mass is 254 g/mol. The summed E-state index contributed by atoms with van der Waals surface area (Å²) in [6.07, 6.45) is 5.80. The molecule has 1 aromatic carbocycles. The van der Waals surface area contributed by atoms with Crippen molar-refractivity contribution in [3.05, 3.63) is 41.5 Å². The van der Waals surface area contributed by atoms with E-state index >= 15 is 0 Å². The van der Waals surface area contributed by atoms with Crippen molar-refractivity contribution < 1.29 is 4.79 Å². The van der Waals surface area contributed by atoms with E-state index in [4.69, 9.17) is 5.26 Å². The molecule has 0 aromatic heterocycles. The van der Waals surface area contributed by atoms with Gasteiger partial charge in [-0.2, -0.15) is 5.26 Å². The van der Waals surface area contributed by atoms with Gasteiger partial charge in [-0.15, -0.1) is 0 Å². The highest BCUT2D eigenvalue weighted by Gasteiger charge is 2.31. The highest BCUT2D eigenvalue weighted by molar-refractivity contribution is 5.91. The van der Waals surface area contributed by atoms with Crippen molar-refractivity contribution in [3.8, 4) is 6.07 Å². The number of nitrogens with zero attached hydrogens (tertiary/aromatic N) is 2. The lowest BCUT2D eigenvalue weighted by Crippen LogP contribution is -2.35.